The Kier molecular flexibility index (Phi) is 6.07. The number of nitrogens with zero attached hydrogens (tertiary/aromatic N) is 2. The first-order valence-corrected chi connectivity index (χ1v) is 10.5. The lowest BCUT2D eigenvalue weighted by molar-refractivity contribution is -0.137. The van der Waals surface area contributed by atoms with Crippen LogP contribution in [0.15, 0.2) is 41.2 Å². The van der Waals surface area contributed by atoms with Crippen molar-refractivity contribution in [2.24, 2.45) is 0 Å². The largest absolute Gasteiger partial charge is 0.497 e. The number of carbonyl (C=O) groups excluding carboxylic acids is 1. The fourth-order valence-corrected chi connectivity index (χ4v) is 4.14. The summed E-state index contributed by atoms with van der Waals surface area (Å²) in [5.41, 5.74) is 0.0498. The van der Waals surface area contributed by atoms with Gasteiger partial charge in [0.2, 0.25) is 5.91 Å². The third-order valence-electron chi connectivity index (χ3n) is 5.63. The van der Waals surface area contributed by atoms with Gasteiger partial charge in [-0.05, 0) is 55.2 Å². The van der Waals surface area contributed by atoms with E-state index in [0.717, 1.165) is 22.9 Å². The molecule has 0 atom stereocenters. The number of ether oxygens (including phenoxy) is 2. The molecule has 1 amide bonds. The molecule has 1 N–H and O–H groups in total. The van der Waals surface area contributed by atoms with Crippen LogP contribution in [0.2, 0.25) is 0 Å². The number of nitrogens with one attached hydrogen (secondary N) is 1. The van der Waals surface area contributed by atoms with Gasteiger partial charge in [0.25, 0.3) is 5.56 Å². The molecule has 0 saturated heterocycles. The molecule has 1 aliphatic rings. The van der Waals surface area contributed by atoms with Gasteiger partial charge in [-0.25, -0.2) is 0 Å². The minimum atomic E-state index is -4.75. The van der Waals surface area contributed by atoms with Crippen molar-refractivity contribution in [2.75, 3.05) is 19.5 Å². The zero-order chi connectivity index (χ0) is 24.6. The quantitative estimate of drug-likeness (QED) is 0.595. The second-order valence-corrected chi connectivity index (χ2v) is 7.89. The first-order chi connectivity index (χ1) is 16.1. The van der Waals surface area contributed by atoms with Crippen molar-refractivity contribution in [3.05, 3.63) is 63.4 Å². The lowest BCUT2D eigenvalue weighted by Crippen LogP contribution is -2.28. The van der Waals surface area contributed by atoms with Crippen LogP contribution in [0.25, 0.3) is 16.9 Å². The number of aromatic nitrogens is 2. The topological polar surface area (TPSA) is 82.4 Å². The molecule has 178 valence electrons. The zero-order valence-electron chi connectivity index (χ0n) is 18.7. The molecule has 34 heavy (non-hydrogen) atoms. The van der Waals surface area contributed by atoms with E-state index < -0.39 is 28.9 Å². The van der Waals surface area contributed by atoms with Crippen LogP contribution in [-0.4, -0.2) is 29.9 Å². The van der Waals surface area contributed by atoms with Gasteiger partial charge < -0.3 is 14.8 Å². The van der Waals surface area contributed by atoms with Gasteiger partial charge in [0, 0.05) is 29.8 Å². The number of alkyl halides is 3. The number of carbonyl (C=O) groups is 1. The van der Waals surface area contributed by atoms with Crippen LogP contribution in [0.3, 0.4) is 0 Å². The molecule has 3 aromatic rings. The number of benzene rings is 2. The van der Waals surface area contributed by atoms with Gasteiger partial charge in [0.15, 0.2) is 0 Å². The van der Waals surface area contributed by atoms with Crippen LogP contribution in [0.5, 0.6) is 11.5 Å². The molecule has 0 radical (unpaired) electrons. The number of halogens is 3. The Bertz CT molecular complexity index is 1310. The number of hydrogen-bond acceptors (Lipinski definition) is 5. The minimum Gasteiger partial charge on any atom is -0.497 e. The molecule has 0 unspecified atom stereocenters. The smallest absolute Gasteiger partial charge is 0.418 e. The maximum Gasteiger partial charge on any atom is 0.418 e. The monoisotopic (exact) mass is 473 g/mol. The summed E-state index contributed by atoms with van der Waals surface area (Å²) in [6, 6.07) is 8.12. The van der Waals surface area contributed by atoms with E-state index in [0.29, 0.717) is 53.1 Å². The summed E-state index contributed by atoms with van der Waals surface area (Å²) in [4.78, 5) is 24.8. The molecule has 0 spiro atoms. The Balaban J connectivity index is 2.02. The molecule has 4 rings (SSSR count). The fourth-order valence-electron chi connectivity index (χ4n) is 4.14. The predicted octanol–water partition coefficient (Wildman–Crippen LogP) is 4.38. The Morgan fingerprint density at radius 3 is 2.26 bits per heavy atom. The highest BCUT2D eigenvalue weighted by Gasteiger charge is 2.35. The van der Waals surface area contributed by atoms with Crippen LogP contribution < -0.4 is 20.3 Å². The molecule has 0 fully saturated rings. The van der Waals surface area contributed by atoms with Crippen LogP contribution in [0, 0.1) is 0 Å². The van der Waals surface area contributed by atoms with E-state index in [4.69, 9.17) is 9.47 Å². The zero-order valence-corrected chi connectivity index (χ0v) is 18.7. The fraction of sp³-hybridized carbons (Fsp3) is 0.292. The number of methoxy groups -OCH3 is 2. The maximum atomic E-state index is 13.9. The van der Waals surface area contributed by atoms with Crippen LogP contribution in [-0.2, 0) is 23.8 Å². The summed E-state index contributed by atoms with van der Waals surface area (Å²) in [6.45, 7) is 1.24. The molecule has 1 aliphatic carbocycles. The van der Waals surface area contributed by atoms with Crippen molar-refractivity contribution in [1.82, 2.24) is 9.78 Å². The molecule has 1 aromatic heterocycles. The first-order valence-electron chi connectivity index (χ1n) is 10.5. The second kappa shape index (κ2) is 8.85. The van der Waals surface area contributed by atoms with Crippen molar-refractivity contribution in [3.8, 4) is 28.4 Å². The minimum absolute atomic E-state index is 0.120. The average molecular weight is 473 g/mol. The molecular weight excluding hydrogens is 451 g/mol. The Morgan fingerprint density at radius 1 is 1.03 bits per heavy atom. The number of anilines is 1. The average Bonchev–Trinajstić information content (AvgIpc) is 3.28. The predicted molar refractivity (Wildman–Crippen MR) is 120 cm³/mol. The summed E-state index contributed by atoms with van der Waals surface area (Å²) >= 11 is 0. The molecule has 2 aromatic carbocycles. The van der Waals surface area contributed by atoms with Gasteiger partial charge in [-0.3, -0.25) is 9.59 Å². The van der Waals surface area contributed by atoms with Crippen LogP contribution in [0.4, 0.5) is 18.9 Å². The Labute approximate surface area is 193 Å². The molecule has 0 saturated carbocycles. The van der Waals surface area contributed by atoms with E-state index in [9.17, 15) is 22.8 Å². The van der Waals surface area contributed by atoms with E-state index >= 15 is 0 Å². The van der Waals surface area contributed by atoms with E-state index in [1.807, 2.05) is 0 Å². The van der Waals surface area contributed by atoms with Gasteiger partial charge >= 0.3 is 6.18 Å². The third-order valence-corrected chi connectivity index (χ3v) is 5.63. The van der Waals surface area contributed by atoms with Gasteiger partial charge in [0.1, 0.15) is 11.5 Å². The van der Waals surface area contributed by atoms with Gasteiger partial charge in [-0.15, -0.1) is 0 Å². The first kappa shape index (κ1) is 23.3. The van der Waals surface area contributed by atoms with Crippen molar-refractivity contribution >= 4 is 11.6 Å². The Hall–Kier alpha value is -3.82. The van der Waals surface area contributed by atoms with Gasteiger partial charge in [0.05, 0.1) is 31.2 Å². The maximum absolute atomic E-state index is 13.9. The molecule has 7 nitrogen and oxygen atoms in total. The number of rotatable bonds is 5. The van der Waals surface area contributed by atoms with Crippen molar-refractivity contribution < 1.29 is 27.4 Å². The van der Waals surface area contributed by atoms with Crippen molar-refractivity contribution in [1.29, 1.82) is 0 Å². The number of fused-ring (bicyclic) bond motifs is 1. The number of amides is 1. The van der Waals surface area contributed by atoms with Crippen LogP contribution in [0.1, 0.15) is 30.0 Å². The highest BCUT2D eigenvalue weighted by molar-refractivity contribution is 5.89. The summed E-state index contributed by atoms with van der Waals surface area (Å²) in [7, 11) is 2.97. The third kappa shape index (κ3) is 4.35. The van der Waals surface area contributed by atoms with Gasteiger partial charge in [-0.1, -0.05) is 0 Å². The van der Waals surface area contributed by atoms with E-state index in [1.165, 1.54) is 21.1 Å². The summed E-state index contributed by atoms with van der Waals surface area (Å²) in [6.07, 6.45) is -3.06. The SMILES string of the molecule is COc1cc(OC)cc(-c2nn(-c3cc(NC(C)=O)ccc3C(F)(F)F)c(=O)c3c2CCC3)c1. The molecule has 0 bridgehead atoms. The highest BCUT2D eigenvalue weighted by Crippen LogP contribution is 2.37. The molecular formula is C24H22F3N3O4. The summed E-state index contributed by atoms with van der Waals surface area (Å²) in [5.74, 6) is 0.498. The lowest BCUT2D eigenvalue weighted by atomic mass is 10.0. The van der Waals surface area contributed by atoms with E-state index in [1.54, 1.807) is 18.2 Å². The normalized spacial score (nSPS) is 12.9. The summed E-state index contributed by atoms with van der Waals surface area (Å²) < 4.78 is 53.1. The van der Waals surface area contributed by atoms with Crippen LogP contribution >= 0.6 is 0 Å². The van der Waals surface area contributed by atoms with E-state index in [-0.39, 0.29) is 5.69 Å². The van der Waals surface area contributed by atoms with Crippen molar-refractivity contribution in [3.63, 3.8) is 0 Å². The molecule has 1 heterocycles. The van der Waals surface area contributed by atoms with E-state index in [2.05, 4.69) is 10.4 Å². The number of hydrogen-bond donors (Lipinski definition) is 1. The lowest BCUT2D eigenvalue weighted by Gasteiger charge is -2.18. The molecule has 10 heteroatoms. The van der Waals surface area contributed by atoms with Gasteiger partial charge in [-0.2, -0.15) is 23.0 Å². The van der Waals surface area contributed by atoms with Crippen molar-refractivity contribution in [2.45, 2.75) is 32.4 Å². The highest BCUT2D eigenvalue weighted by atomic mass is 19.4. The summed E-state index contributed by atoms with van der Waals surface area (Å²) in [5, 5.41) is 6.87. The molecule has 0 aliphatic heterocycles. The second-order valence-electron chi connectivity index (χ2n) is 7.89. The standard InChI is InChI=1S/C24H22F3N3O4/c1-13(31)28-15-7-8-20(24(25,26)27)21(11-15)30-23(32)19-6-4-5-18(19)22(29-30)14-9-16(33-2)12-17(10-14)34-3/h7-12H,4-6H2,1-3H3,(H,28,31). The Morgan fingerprint density at radius 2 is 1.68 bits per heavy atom.